The third kappa shape index (κ3) is 4.57. The van der Waals surface area contributed by atoms with Gasteiger partial charge in [-0.25, -0.2) is 0 Å². The van der Waals surface area contributed by atoms with Crippen LogP contribution in [0.25, 0.3) is 22.5 Å². The molecule has 204 valence electrons. The summed E-state index contributed by atoms with van der Waals surface area (Å²) in [4.78, 5) is 39.6. The maximum atomic E-state index is 14.1. The fourth-order valence-electron chi connectivity index (χ4n) is 5.68. The van der Waals surface area contributed by atoms with Gasteiger partial charge < -0.3 is 23.8 Å². The molecule has 1 saturated heterocycles. The third-order valence-electron chi connectivity index (χ3n) is 7.68. The van der Waals surface area contributed by atoms with Gasteiger partial charge in [0.2, 0.25) is 0 Å². The van der Waals surface area contributed by atoms with Crippen molar-refractivity contribution in [2.45, 2.75) is 19.4 Å². The predicted molar refractivity (Wildman–Crippen MR) is 151 cm³/mol. The number of carbonyl (C=O) groups excluding carboxylic acids is 2. The van der Waals surface area contributed by atoms with Crippen molar-refractivity contribution in [3.63, 3.8) is 0 Å². The summed E-state index contributed by atoms with van der Waals surface area (Å²) in [6.07, 6.45) is 4.84. The average Bonchev–Trinajstić information content (AvgIpc) is 3.23. The van der Waals surface area contributed by atoms with Crippen molar-refractivity contribution >= 4 is 11.8 Å². The van der Waals surface area contributed by atoms with Crippen LogP contribution in [-0.2, 0) is 13.0 Å². The van der Waals surface area contributed by atoms with Gasteiger partial charge >= 0.3 is 0 Å². The largest absolute Gasteiger partial charge is 0.493 e. The molecular weight excluding hydrogens is 506 g/mol. The number of methoxy groups -OCH3 is 2. The van der Waals surface area contributed by atoms with E-state index in [4.69, 9.17) is 9.47 Å². The summed E-state index contributed by atoms with van der Waals surface area (Å²) in [5.74, 6) is 1.18. The molecule has 9 nitrogen and oxygen atoms in total. The van der Waals surface area contributed by atoms with E-state index < -0.39 is 0 Å². The lowest BCUT2D eigenvalue weighted by atomic mass is 9.94. The van der Waals surface area contributed by atoms with Crippen LogP contribution in [0.15, 0.2) is 67.0 Å². The monoisotopic (exact) mass is 537 g/mol. The Morgan fingerprint density at radius 1 is 0.750 bits per heavy atom. The molecule has 2 aliphatic heterocycles. The summed E-state index contributed by atoms with van der Waals surface area (Å²) < 4.78 is 13.3. The number of rotatable bonds is 5. The Kier molecular flexibility index (Phi) is 6.94. The Morgan fingerprint density at radius 2 is 1.45 bits per heavy atom. The predicted octanol–water partition coefficient (Wildman–Crippen LogP) is 4.17. The molecular formula is C31H31N5O4. The number of benzene rings is 1. The van der Waals surface area contributed by atoms with Crippen LogP contribution < -0.4 is 9.47 Å². The number of hydrogen-bond acceptors (Lipinski definition) is 6. The quantitative estimate of drug-likeness (QED) is 0.380. The molecule has 3 aromatic heterocycles. The second-order valence-corrected chi connectivity index (χ2v) is 9.93. The average molecular weight is 538 g/mol. The first kappa shape index (κ1) is 25.6. The van der Waals surface area contributed by atoms with E-state index >= 15 is 0 Å². The Labute approximate surface area is 233 Å². The molecule has 0 spiro atoms. The summed E-state index contributed by atoms with van der Waals surface area (Å²) in [6.45, 7) is 2.73. The molecule has 0 radical (unpaired) electrons. The van der Waals surface area contributed by atoms with Crippen LogP contribution in [-0.4, -0.2) is 76.5 Å². The number of fused-ring (bicyclic) bond motifs is 3. The summed E-state index contributed by atoms with van der Waals surface area (Å²) in [5.41, 5.74) is 5.85. The third-order valence-corrected chi connectivity index (χ3v) is 7.68. The maximum Gasteiger partial charge on any atom is 0.272 e. The Bertz CT molecular complexity index is 1550. The van der Waals surface area contributed by atoms with Gasteiger partial charge in [-0.05, 0) is 60.9 Å². The van der Waals surface area contributed by atoms with Crippen molar-refractivity contribution < 1.29 is 19.1 Å². The van der Waals surface area contributed by atoms with Gasteiger partial charge in [0.1, 0.15) is 11.4 Å². The Morgan fingerprint density at radius 3 is 2.12 bits per heavy atom. The number of nitrogens with zero attached hydrogens (tertiary/aromatic N) is 5. The molecule has 0 unspecified atom stereocenters. The molecule has 0 atom stereocenters. The maximum absolute atomic E-state index is 14.1. The number of ether oxygens (including phenoxy) is 2. The van der Waals surface area contributed by atoms with Gasteiger partial charge in [-0.1, -0.05) is 12.1 Å². The summed E-state index contributed by atoms with van der Waals surface area (Å²) in [7, 11) is 3.26. The normalized spacial score (nSPS) is 14.7. The number of amides is 2. The van der Waals surface area contributed by atoms with E-state index in [0.29, 0.717) is 62.0 Å². The van der Waals surface area contributed by atoms with E-state index in [2.05, 4.69) is 14.5 Å². The van der Waals surface area contributed by atoms with Crippen molar-refractivity contribution in [1.82, 2.24) is 24.3 Å². The zero-order chi connectivity index (χ0) is 27.6. The minimum absolute atomic E-state index is 0.0421. The fourth-order valence-corrected chi connectivity index (χ4v) is 5.68. The molecule has 1 fully saturated rings. The van der Waals surface area contributed by atoms with E-state index in [-0.39, 0.29) is 11.8 Å². The number of carbonyl (C=O) groups is 2. The van der Waals surface area contributed by atoms with Gasteiger partial charge in [0.05, 0.1) is 25.6 Å². The van der Waals surface area contributed by atoms with Crippen LogP contribution in [0.1, 0.15) is 33.0 Å². The van der Waals surface area contributed by atoms with Crippen LogP contribution in [0, 0.1) is 0 Å². The minimum Gasteiger partial charge on any atom is -0.493 e. The second-order valence-electron chi connectivity index (χ2n) is 9.93. The van der Waals surface area contributed by atoms with Crippen LogP contribution in [0.2, 0.25) is 0 Å². The molecule has 0 aliphatic carbocycles. The lowest BCUT2D eigenvalue weighted by Crippen LogP contribution is -2.38. The lowest BCUT2D eigenvalue weighted by Gasteiger charge is -2.26. The van der Waals surface area contributed by atoms with Gasteiger partial charge in [-0.3, -0.25) is 19.6 Å². The first-order valence-corrected chi connectivity index (χ1v) is 13.5. The number of aromatic nitrogens is 3. The Balaban J connectivity index is 1.35. The first-order valence-electron chi connectivity index (χ1n) is 13.5. The van der Waals surface area contributed by atoms with Crippen molar-refractivity contribution in [1.29, 1.82) is 0 Å². The molecule has 2 amide bonds. The van der Waals surface area contributed by atoms with Gasteiger partial charge in [-0.2, -0.15) is 0 Å². The lowest BCUT2D eigenvalue weighted by molar-refractivity contribution is 0.0710. The zero-order valence-electron chi connectivity index (χ0n) is 22.7. The van der Waals surface area contributed by atoms with Gasteiger partial charge in [0, 0.05) is 56.2 Å². The van der Waals surface area contributed by atoms with Crippen LogP contribution in [0.3, 0.4) is 0 Å². The van der Waals surface area contributed by atoms with Crippen LogP contribution in [0.4, 0.5) is 0 Å². The smallest absolute Gasteiger partial charge is 0.272 e. The molecule has 40 heavy (non-hydrogen) atoms. The van der Waals surface area contributed by atoms with E-state index in [1.165, 1.54) is 0 Å². The van der Waals surface area contributed by atoms with Crippen molar-refractivity contribution in [3.8, 4) is 34.0 Å². The molecule has 6 rings (SSSR count). The summed E-state index contributed by atoms with van der Waals surface area (Å²) >= 11 is 0. The zero-order valence-corrected chi connectivity index (χ0v) is 22.7. The summed E-state index contributed by atoms with van der Waals surface area (Å²) in [6, 6.07) is 17.1. The van der Waals surface area contributed by atoms with Crippen molar-refractivity contribution in [2.75, 3.05) is 40.4 Å². The molecule has 5 heterocycles. The first-order chi connectivity index (χ1) is 19.6. The molecule has 1 aromatic carbocycles. The van der Waals surface area contributed by atoms with E-state index in [9.17, 15) is 9.59 Å². The molecule has 0 bridgehead atoms. The van der Waals surface area contributed by atoms with Gasteiger partial charge in [-0.15, -0.1) is 0 Å². The van der Waals surface area contributed by atoms with E-state index in [1.54, 1.807) is 43.6 Å². The van der Waals surface area contributed by atoms with E-state index in [1.807, 2.05) is 47.4 Å². The topological polar surface area (TPSA) is 89.8 Å². The molecule has 4 aromatic rings. The molecule has 0 saturated carbocycles. The fraction of sp³-hybridized carbons (Fsp3) is 0.290. The van der Waals surface area contributed by atoms with Crippen molar-refractivity contribution in [2.24, 2.45) is 0 Å². The summed E-state index contributed by atoms with van der Waals surface area (Å²) in [5, 5.41) is 0. The Hall–Kier alpha value is -4.66. The highest BCUT2D eigenvalue weighted by Crippen LogP contribution is 2.44. The van der Waals surface area contributed by atoms with E-state index in [0.717, 1.165) is 34.5 Å². The highest BCUT2D eigenvalue weighted by Gasteiger charge is 2.31. The number of pyridine rings is 2. The second kappa shape index (κ2) is 10.8. The van der Waals surface area contributed by atoms with Gasteiger partial charge in [0.15, 0.2) is 11.5 Å². The van der Waals surface area contributed by atoms with Gasteiger partial charge in [0.25, 0.3) is 11.8 Å². The minimum atomic E-state index is -0.103. The molecule has 9 heteroatoms. The molecule has 0 N–H and O–H groups in total. The van der Waals surface area contributed by atoms with Crippen LogP contribution >= 0.6 is 0 Å². The highest BCUT2D eigenvalue weighted by molar-refractivity contribution is 5.98. The number of hydrogen-bond donors (Lipinski definition) is 0. The highest BCUT2D eigenvalue weighted by atomic mass is 16.5. The molecule has 2 aliphatic rings. The van der Waals surface area contributed by atoms with Crippen molar-refractivity contribution in [3.05, 3.63) is 83.9 Å². The SMILES string of the molecule is COc1cc2c(cc1OC)-c1c(-c3ccccn3)cc(C(=O)N3CCCN(C(=O)c4ccccn4)CC3)n1CC2. The number of aryl methyl sites for hydroxylation is 1. The van der Waals surface area contributed by atoms with Crippen LogP contribution in [0.5, 0.6) is 11.5 Å². The standard InChI is InChI=1S/C31H31N5O4/c1-39-27-18-21-10-15-36-26(19-23(24-8-3-5-11-32-24)29(36)22(21)20-28(27)40-2)31(38)35-14-7-13-34(16-17-35)30(37)25-9-4-6-12-33-25/h3-6,8-9,11-12,18-20H,7,10,13-17H2,1-2H3.